The van der Waals surface area contributed by atoms with Gasteiger partial charge in [0.2, 0.25) is 11.8 Å². The Hall–Kier alpha value is -1.89. The van der Waals surface area contributed by atoms with Crippen LogP contribution in [-0.4, -0.2) is 36.9 Å². The first-order valence-electron chi connectivity index (χ1n) is 6.37. The van der Waals surface area contributed by atoms with Gasteiger partial charge in [0.25, 0.3) is 5.91 Å². The van der Waals surface area contributed by atoms with Gasteiger partial charge in [-0.3, -0.25) is 14.4 Å². The predicted octanol–water partition coefficient (Wildman–Crippen LogP) is 0.509. The minimum absolute atomic E-state index is 0.0457. The quantitative estimate of drug-likeness (QED) is 0.685. The Bertz CT molecular complexity index is 457. The number of hydrogen-bond acceptors (Lipinski definition) is 4. The Morgan fingerprint density at radius 3 is 2.55 bits per heavy atom. The number of amides is 3. The number of thiophene rings is 1. The Morgan fingerprint density at radius 2 is 1.95 bits per heavy atom. The molecule has 1 heterocycles. The molecule has 0 radical (unpaired) electrons. The minimum Gasteiger partial charge on any atom is -0.352 e. The molecule has 0 aliphatic carbocycles. The van der Waals surface area contributed by atoms with Crippen LogP contribution in [0.5, 0.6) is 0 Å². The molecule has 7 heteroatoms. The van der Waals surface area contributed by atoms with E-state index < -0.39 is 0 Å². The maximum atomic E-state index is 11.6. The first-order chi connectivity index (χ1) is 9.49. The van der Waals surface area contributed by atoms with Gasteiger partial charge in [0.1, 0.15) is 0 Å². The van der Waals surface area contributed by atoms with Crippen molar-refractivity contribution in [3.63, 3.8) is 0 Å². The lowest BCUT2D eigenvalue weighted by Crippen LogP contribution is -2.40. The first kappa shape index (κ1) is 16.2. The summed E-state index contributed by atoms with van der Waals surface area (Å²) in [5.74, 6) is -0.684. The second-order valence-electron chi connectivity index (χ2n) is 4.48. The summed E-state index contributed by atoms with van der Waals surface area (Å²) >= 11 is 1.34. The van der Waals surface area contributed by atoms with Gasteiger partial charge >= 0.3 is 0 Å². The van der Waals surface area contributed by atoms with Crippen molar-refractivity contribution < 1.29 is 14.4 Å². The zero-order chi connectivity index (χ0) is 15.0. The van der Waals surface area contributed by atoms with Crippen molar-refractivity contribution in [2.45, 2.75) is 26.3 Å². The summed E-state index contributed by atoms with van der Waals surface area (Å²) < 4.78 is 0. The monoisotopic (exact) mass is 297 g/mol. The van der Waals surface area contributed by atoms with E-state index in [4.69, 9.17) is 0 Å². The molecule has 0 spiro atoms. The van der Waals surface area contributed by atoms with Gasteiger partial charge < -0.3 is 16.0 Å². The lowest BCUT2D eigenvalue weighted by molar-refractivity contribution is -0.126. The molecule has 0 atom stereocenters. The Balaban J connectivity index is 2.14. The topological polar surface area (TPSA) is 87.3 Å². The largest absolute Gasteiger partial charge is 0.352 e. The van der Waals surface area contributed by atoms with E-state index in [0.29, 0.717) is 4.88 Å². The lowest BCUT2D eigenvalue weighted by Gasteiger charge is -2.09. The highest BCUT2D eigenvalue weighted by Crippen LogP contribution is 2.07. The van der Waals surface area contributed by atoms with Crippen LogP contribution in [0.15, 0.2) is 17.5 Å². The van der Waals surface area contributed by atoms with Gasteiger partial charge in [0, 0.05) is 19.0 Å². The van der Waals surface area contributed by atoms with Crippen LogP contribution >= 0.6 is 11.3 Å². The van der Waals surface area contributed by atoms with Crippen LogP contribution in [0.3, 0.4) is 0 Å². The number of rotatable bonds is 7. The molecule has 1 aromatic heterocycles. The minimum atomic E-state index is -0.268. The van der Waals surface area contributed by atoms with E-state index in [9.17, 15) is 14.4 Å². The lowest BCUT2D eigenvalue weighted by atomic mass is 10.3. The molecule has 0 fully saturated rings. The second kappa shape index (κ2) is 8.31. The smallest absolute Gasteiger partial charge is 0.261 e. The first-order valence-corrected chi connectivity index (χ1v) is 7.24. The van der Waals surface area contributed by atoms with Crippen molar-refractivity contribution in [1.82, 2.24) is 16.0 Å². The van der Waals surface area contributed by atoms with Crippen LogP contribution in [0.1, 0.15) is 29.9 Å². The van der Waals surface area contributed by atoms with E-state index in [2.05, 4.69) is 16.0 Å². The van der Waals surface area contributed by atoms with Crippen LogP contribution in [-0.2, 0) is 9.59 Å². The second-order valence-corrected chi connectivity index (χ2v) is 5.43. The standard InChI is InChI=1S/C13H19N3O3S/c1-9(2)16-12(18)8-15-11(17)5-6-14-13(19)10-4-3-7-20-10/h3-4,7,9H,5-6,8H2,1-2H3,(H,14,19)(H,15,17)(H,16,18). The summed E-state index contributed by atoms with van der Waals surface area (Å²) in [6.45, 7) is 3.89. The van der Waals surface area contributed by atoms with Crippen LogP contribution in [0, 0.1) is 0 Å². The van der Waals surface area contributed by atoms with Gasteiger partial charge in [-0.05, 0) is 25.3 Å². The summed E-state index contributed by atoms with van der Waals surface area (Å²) in [4.78, 5) is 35.0. The maximum absolute atomic E-state index is 11.6. The van der Waals surface area contributed by atoms with Crippen molar-refractivity contribution in [2.24, 2.45) is 0 Å². The molecule has 0 aliphatic rings. The van der Waals surface area contributed by atoms with E-state index in [1.807, 2.05) is 19.2 Å². The van der Waals surface area contributed by atoms with E-state index in [0.717, 1.165) is 0 Å². The van der Waals surface area contributed by atoms with Crippen molar-refractivity contribution >= 4 is 29.1 Å². The highest BCUT2D eigenvalue weighted by Gasteiger charge is 2.08. The highest BCUT2D eigenvalue weighted by atomic mass is 32.1. The maximum Gasteiger partial charge on any atom is 0.261 e. The van der Waals surface area contributed by atoms with E-state index in [1.54, 1.807) is 12.1 Å². The molecule has 20 heavy (non-hydrogen) atoms. The van der Waals surface area contributed by atoms with Crippen molar-refractivity contribution in [3.05, 3.63) is 22.4 Å². The summed E-state index contributed by atoms with van der Waals surface area (Å²) in [6, 6.07) is 3.56. The molecule has 0 bridgehead atoms. The van der Waals surface area contributed by atoms with Crippen LogP contribution < -0.4 is 16.0 Å². The number of carbonyl (C=O) groups excluding carboxylic acids is 3. The number of hydrogen-bond donors (Lipinski definition) is 3. The molecule has 6 nitrogen and oxygen atoms in total. The zero-order valence-electron chi connectivity index (χ0n) is 11.6. The van der Waals surface area contributed by atoms with Gasteiger partial charge in [0.05, 0.1) is 11.4 Å². The van der Waals surface area contributed by atoms with E-state index >= 15 is 0 Å². The molecule has 0 unspecified atom stereocenters. The predicted molar refractivity (Wildman–Crippen MR) is 77.6 cm³/mol. The SMILES string of the molecule is CC(C)NC(=O)CNC(=O)CCNC(=O)c1cccs1. The van der Waals surface area contributed by atoms with E-state index in [-0.39, 0.29) is 43.3 Å². The molecule has 1 aromatic rings. The summed E-state index contributed by atoms with van der Waals surface area (Å²) in [5.41, 5.74) is 0. The zero-order valence-corrected chi connectivity index (χ0v) is 12.4. The third kappa shape index (κ3) is 6.33. The normalized spacial score (nSPS) is 10.2. The summed E-state index contributed by atoms with van der Waals surface area (Å²) in [6.07, 6.45) is 0.145. The van der Waals surface area contributed by atoms with E-state index in [1.165, 1.54) is 11.3 Å². The molecule has 1 rings (SSSR count). The molecular weight excluding hydrogens is 278 g/mol. The van der Waals surface area contributed by atoms with Crippen LogP contribution in [0.2, 0.25) is 0 Å². The molecule has 110 valence electrons. The third-order valence-corrected chi connectivity index (χ3v) is 3.15. The van der Waals surface area contributed by atoms with Crippen molar-refractivity contribution in [2.75, 3.05) is 13.1 Å². The van der Waals surface area contributed by atoms with Crippen LogP contribution in [0.4, 0.5) is 0 Å². The van der Waals surface area contributed by atoms with Gasteiger partial charge in [-0.25, -0.2) is 0 Å². The molecule has 0 saturated carbocycles. The van der Waals surface area contributed by atoms with Gasteiger partial charge in [-0.15, -0.1) is 11.3 Å². The molecule has 3 amide bonds. The molecule has 3 N–H and O–H groups in total. The summed E-state index contributed by atoms with van der Waals surface area (Å²) in [5, 5.41) is 9.63. The third-order valence-electron chi connectivity index (χ3n) is 2.28. The fraction of sp³-hybridized carbons (Fsp3) is 0.462. The molecule has 0 aliphatic heterocycles. The molecule has 0 saturated heterocycles. The number of carbonyl (C=O) groups is 3. The number of nitrogens with one attached hydrogen (secondary N) is 3. The fourth-order valence-electron chi connectivity index (χ4n) is 1.42. The van der Waals surface area contributed by atoms with Crippen LogP contribution in [0.25, 0.3) is 0 Å². The van der Waals surface area contributed by atoms with Crippen molar-refractivity contribution in [3.8, 4) is 0 Å². The fourth-order valence-corrected chi connectivity index (χ4v) is 2.06. The van der Waals surface area contributed by atoms with Gasteiger partial charge in [-0.2, -0.15) is 0 Å². The van der Waals surface area contributed by atoms with Gasteiger partial charge in [0.15, 0.2) is 0 Å². The average molecular weight is 297 g/mol. The Morgan fingerprint density at radius 1 is 1.20 bits per heavy atom. The molecular formula is C13H19N3O3S. The average Bonchev–Trinajstić information content (AvgIpc) is 2.89. The molecule has 0 aromatic carbocycles. The Labute approximate surface area is 121 Å². The highest BCUT2D eigenvalue weighted by molar-refractivity contribution is 7.12. The van der Waals surface area contributed by atoms with Crippen molar-refractivity contribution in [1.29, 1.82) is 0 Å². The summed E-state index contributed by atoms with van der Waals surface area (Å²) in [7, 11) is 0. The van der Waals surface area contributed by atoms with Gasteiger partial charge in [-0.1, -0.05) is 6.07 Å². The Kier molecular flexibility index (Phi) is 6.72.